The number of ether oxygens (including phenoxy) is 3. The van der Waals surface area contributed by atoms with E-state index in [9.17, 15) is 18.8 Å². The van der Waals surface area contributed by atoms with Crippen molar-refractivity contribution in [1.82, 2.24) is 5.32 Å². The van der Waals surface area contributed by atoms with Crippen LogP contribution in [0.25, 0.3) is 0 Å². The van der Waals surface area contributed by atoms with E-state index < -0.39 is 28.7 Å². The van der Waals surface area contributed by atoms with Crippen LogP contribution in [0.4, 0.5) is 4.39 Å². The lowest BCUT2D eigenvalue weighted by Crippen LogP contribution is -2.47. The molecule has 0 heterocycles. The molecule has 8 nitrogen and oxygen atoms in total. The maximum absolute atomic E-state index is 15.0. The molecule has 0 saturated heterocycles. The second kappa shape index (κ2) is 11.2. The van der Waals surface area contributed by atoms with Crippen molar-refractivity contribution < 1.29 is 36.1 Å². The van der Waals surface area contributed by atoms with E-state index in [4.69, 9.17) is 17.3 Å². The number of hydrogen-bond donors (Lipinski definition) is 1. The van der Waals surface area contributed by atoms with Crippen LogP contribution in [0.2, 0.25) is 0 Å². The molecule has 1 aromatic rings. The summed E-state index contributed by atoms with van der Waals surface area (Å²) in [4.78, 5) is 38.5. The molecule has 0 spiro atoms. The number of amides is 1. The molecule has 10 heteroatoms. The van der Waals surface area contributed by atoms with Gasteiger partial charge in [-0.25, -0.2) is 4.39 Å². The number of fused-ring (bicyclic) bond motifs is 2. The van der Waals surface area contributed by atoms with Gasteiger partial charge in [0.05, 0.1) is 30.1 Å². The zero-order valence-corrected chi connectivity index (χ0v) is 24.8. The summed E-state index contributed by atoms with van der Waals surface area (Å²) in [5, 5.41) is 3.01. The summed E-state index contributed by atoms with van der Waals surface area (Å²) in [6, 6.07) is 2.17. The van der Waals surface area contributed by atoms with Crippen molar-refractivity contribution in [3.8, 4) is 11.5 Å². The minimum atomic E-state index is -0.634. The second-order valence-electron chi connectivity index (χ2n) is 12.1. The zero-order valence-electron chi connectivity index (χ0n) is 22.6. The van der Waals surface area contributed by atoms with Crippen molar-refractivity contribution in [1.29, 1.82) is 0 Å². The number of benzene rings is 1. The Kier molecular flexibility index (Phi) is 8.49. The molecule has 3 aliphatic rings. The van der Waals surface area contributed by atoms with Gasteiger partial charge in [-0.2, -0.15) is 0 Å². The molecular formula is C28H37FINO7. The number of carbonyl (C=O) groups is 3. The predicted octanol–water partition coefficient (Wildman–Crippen LogP) is 5.54. The molecule has 2 bridgehead atoms. The van der Waals surface area contributed by atoms with Crippen molar-refractivity contribution in [2.24, 2.45) is 23.2 Å². The summed E-state index contributed by atoms with van der Waals surface area (Å²) < 4.78 is 36.9. The van der Waals surface area contributed by atoms with Gasteiger partial charge in [0.2, 0.25) is 0 Å². The van der Waals surface area contributed by atoms with Crippen LogP contribution in [-0.4, -0.2) is 42.7 Å². The molecule has 38 heavy (non-hydrogen) atoms. The van der Waals surface area contributed by atoms with Crippen molar-refractivity contribution in [2.45, 2.75) is 90.4 Å². The number of rotatable bonds is 7. The lowest BCUT2D eigenvalue weighted by molar-refractivity contribution is -0.169. The minimum Gasteiger partial charge on any atom is -0.496 e. The summed E-state index contributed by atoms with van der Waals surface area (Å²) in [5.74, 6) is -1.59. The molecule has 210 valence electrons. The maximum Gasteiger partial charge on any atom is 0.320 e. The Morgan fingerprint density at radius 1 is 1.05 bits per heavy atom. The van der Waals surface area contributed by atoms with E-state index in [0.717, 1.165) is 25.3 Å². The molecule has 0 radical (unpaired) electrons. The largest absolute Gasteiger partial charge is 0.496 e. The van der Waals surface area contributed by atoms with E-state index in [1.165, 1.54) is 13.2 Å². The lowest BCUT2D eigenvalue weighted by atomic mass is 9.74. The van der Waals surface area contributed by atoms with Gasteiger partial charge in [-0.1, -0.05) is 0 Å². The molecule has 3 fully saturated rings. The Hall–Kier alpha value is -2.11. The van der Waals surface area contributed by atoms with Crippen LogP contribution in [0.3, 0.4) is 0 Å². The van der Waals surface area contributed by atoms with Crippen LogP contribution in [0.15, 0.2) is 12.1 Å². The van der Waals surface area contributed by atoms with Crippen molar-refractivity contribution in [3.63, 3.8) is 0 Å². The minimum absolute atomic E-state index is 0.0435. The molecule has 1 N–H and O–H groups in total. The van der Waals surface area contributed by atoms with Crippen LogP contribution < -0.4 is 14.8 Å². The highest BCUT2D eigenvalue weighted by molar-refractivity contribution is 14.1. The quantitative estimate of drug-likeness (QED) is 0.307. The summed E-state index contributed by atoms with van der Waals surface area (Å²) in [7, 11) is 1.37. The Morgan fingerprint density at radius 2 is 1.71 bits per heavy atom. The summed E-state index contributed by atoms with van der Waals surface area (Å²) in [5.41, 5.74) is -1.04. The third-order valence-corrected chi connectivity index (χ3v) is 8.72. The molecule has 0 unspecified atom stereocenters. The molecule has 3 aliphatic carbocycles. The third-order valence-electron chi connectivity index (χ3n) is 8.28. The predicted molar refractivity (Wildman–Crippen MR) is 145 cm³/mol. The number of hydrogen-bond acceptors (Lipinski definition) is 7. The summed E-state index contributed by atoms with van der Waals surface area (Å²) >= 11 is 1.59. The Bertz CT molecular complexity index is 1080. The average molecular weight is 646 g/mol. The van der Waals surface area contributed by atoms with Crippen LogP contribution in [0.5, 0.6) is 11.5 Å². The molecule has 0 aliphatic heterocycles. The van der Waals surface area contributed by atoms with E-state index in [-0.39, 0.29) is 53.0 Å². The van der Waals surface area contributed by atoms with Crippen LogP contribution >= 0.6 is 23.0 Å². The van der Waals surface area contributed by atoms with Crippen LogP contribution in [0, 0.1) is 29.0 Å². The molecule has 3 saturated carbocycles. The number of halogens is 2. The molecule has 4 rings (SSSR count). The standard InChI is InChI=1S/C28H37FINO7/c1-27(2,3)37-26(34)28(4)10-8-17(9-11-28)36-21-13-18(20(35-5)14-19(21)29)24(32)31-23-16-7-6-15(12-16)22(23)25(33)38-30/h13-17,22-23H,6-12H2,1-5H3,(H,31,32)/t15-,16+,17-,22+,23-,28+/m1/s1. The van der Waals surface area contributed by atoms with Gasteiger partial charge in [-0.3, -0.25) is 14.4 Å². The van der Waals surface area contributed by atoms with E-state index in [1.54, 1.807) is 23.0 Å². The lowest BCUT2D eigenvalue weighted by Gasteiger charge is -2.37. The van der Waals surface area contributed by atoms with Gasteiger partial charge in [-0.05, 0) is 90.5 Å². The fourth-order valence-electron chi connectivity index (χ4n) is 6.22. The maximum atomic E-state index is 15.0. The highest BCUT2D eigenvalue weighted by atomic mass is 127. The third kappa shape index (κ3) is 6.04. The monoisotopic (exact) mass is 645 g/mol. The van der Waals surface area contributed by atoms with Gasteiger partial charge < -0.3 is 22.6 Å². The smallest absolute Gasteiger partial charge is 0.320 e. The molecule has 0 aromatic heterocycles. The van der Waals surface area contributed by atoms with Crippen molar-refractivity contribution in [3.05, 3.63) is 23.5 Å². The topological polar surface area (TPSA) is 100 Å². The Morgan fingerprint density at radius 3 is 2.32 bits per heavy atom. The Labute approximate surface area is 237 Å². The molecule has 1 aromatic carbocycles. The van der Waals surface area contributed by atoms with E-state index in [2.05, 4.69) is 5.32 Å². The van der Waals surface area contributed by atoms with Crippen LogP contribution in [-0.2, 0) is 17.4 Å². The number of esters is 1. The van der Waals surface area contributed by atoms with Gasteiger partial charge in [0.25, 0.3) is 5.91 Å². The van der Waals surface area contributed by atoms with E-state index in [1.807, 2.05) is 27.7 Å². The van der Waals surface area contributed by atoms with Gasteiger partial charge in [-0.15, -0.1) is 0 Å². The van der Waals surface area contributed by atoms with Crippen molar-refractivity contribution >= 4 is 40.9 Å². The van der Waals surface area contributed by atoms with Crippen LogP contribution in [0.1, 0.15) is 83.0 Å². The van der Waals surface area contributed by atoms with Gasteiger partial charge in [0.1, 0.15) is 11.4 Å². The zero-order chi connectivity index (χ0) is 27.8. The molecule has 4 atom stereocenters. The van der Waals surface area contributed by atoms with E-state index >= 15 is 0 Å². The highest BCUT2D eigenvalue weighted by Crippen LogP contribution is 2.49. The number of carbonyl (C=O) groups excluding carboxylic acids is 3. The normalized spacial score (nSPS) is 30.4. The average Bonchev–Trinajstić information content (AvgIpc) is 3.46. The summed E-state index contributed by atoms with van der Waals surface area (Å²) in [6.07, 6.45) is 4.66. The number of methoxy groups -OCH3 is 1. The Balaban J connectivity index is 1.46. The second-order valence-corrected chi connectivity index (χ2v) is 12.6. The van der Waals surface area contributed by atoms with Gasteiger partial charge in [0, 0.05) is 12.1 Å². The summed E-state index contributed by atoms with van der Waals surface area (Å²) in [6.45, 7) is 7.42. The molecule has 1 amide bonds. The van der Waals surface area contributed by atoms with E-state index in [0.29, 0.717) is 25.7 Å². The SMILES string of the molecule is COc1cc(F)c(O[C@H]2CC[C@@](C)(C(=O)OC(C)(C)C)CC2)cc1C(=O)N[C@@H]1[C@H]2CC[C@H](C2)[C@@H]1C(=O)OI. The highest BCUT2D eigenvalue weighted by Gasteiger charge is 2.52. The fraction of sp³-hybridized carbons (Fsp3) is 0.679. The first-order chi connectivity index (χ1) is 17.8. The van der Waals surface area contributed by atoms with Gasteiger partial charge >= 0.3 is 11.9 Å². The first-order valence-electron chi connectivity index (χ1n) is 13.3. The first-order valence-corrected chi connectivity index (χ1v) is 14.1. The first kappa shape index (κ1) is 28.9. The van der Waals surface area contributed by atoms with Gasteiger partial charge in [0.15, 0.2) is 34.6 Å². The fourth-order valence-corrected chi connectivity index (χ4v) is 6.52. The number of nitrogens with one attached hydrogen (secondary N) is 1. The van der Waals surface area contributed by atoms with Crippen molar-refractivity contribution in [2.75, 3.05) is 7.11 Å². The molecular weight excluding hydrogens is 608 g/mol.